The van der Waals surface area contributed by atoms with Gasteiger partial charge in [-0.25, -0.2) is 0 Å². The van der Waals surface area contributed by atoms with Gasteiger partial charge in [0.15, 0.2) is 17.3 Å². The highest BCUT2D eigenvalue weighted by atomic mass is 16.5. The molecule has 7 nitrogen and oxygen atoms in total. The first-order valence-corrected chi connectivity index (χ1v) is 10.9. The minimum Gasteiger partial charge on any atom is -0.492 e. The quantitative estimate of drug-likeness (QED) is 0.197. The number of hydrogen-bond donors (Lipinski definition) is 0. The lowest BCUT2D eigenvalue weighted by Crippen LogP contribution is -2.09. The maximum absolute atomic E-state index is 13.0. The Hall–Kier alpha value is -2.44. The molecule has 0 spiro atoms. The van der Waals surface area contributed by atoms with Crippen molar-refractivity contribution in [2.24, 2.45) is 0 Å². The second-order valence-corrected chi connectivity index (χ2v) is 7.46. The average molecular weight is 439 g/mol. The molecule has 0 N–H and O–H groups in total. The normalized spacial score (nSPS) is 10.5. The first-order valence-electron chi connectivity index (χ1n) is 10.9. The van der Waals surface area contributed by atoms with Crippen molar-refractivity contribution in [3.8, 4) is 23.0 Å². The standard InChI is InChI=1S/C24H38O7/c1-17-20(22(29-4)24(31-6)23(30-5)21(17)28-3)18(25)15-13-11-9-7-8-10-12-14-16-19(26)27-2/h7-16H2,1-6H3. The van der Waals surface area contributed by atoms with Crippen LogP contribution in [0.5, 0.6) is 23.0 Å². The lowest BCUT2D eigenvalue weighted by molar-refractivity contribution is -0.140. The minimum atomic E-state index is -0.136. The van der Waals surface area contributed by atoms with Gasteiger partial charge in [-0.1, -0.05) is 38.5 Å². The SMILES string of the molecule is COC(=O)CCCCCCCCCCC(=O)c1c(C)c(OC)c(OC)c(OC)c1OC. The largest absolute Gasteiger partial charge is 0.492 e. The molecule has 31 heavy (non-hydrogen) atoms. The molecule has 1 rings (SSSR count). The van der Waals surface area contributed by atoms with E-state index in [1.165, 1.54) is 28.4 Å². The Morgan fingerprint density at radius 3 is 1.45 bits per heavy atom. The van der Waals surface area contributed by atoms with Gasteiger partial charge in [-0.05, 0) is 19.8 Å². The highest BCUT2D eigenvalue weighted by Gasteiger charge is 2.28. The van der Waals surface area contributed by atoms with Gasteiger partial charge in [-0.2, -0.15) is 0 Å². The molecule has 1 aromatic rings. The summed E-state index contributed by atoms with van der Waals surface area (Å²) in [4.78, 5) is 24.1. The van der Waals surface area contributed by atoms with Gasteiger partial charge < -0.3 is 23.7 Å². The highest BCUT2D eigenvalue weighted by Crippen LogP contribution is 2.49. The van der Waals surface area contributed by atoms with E-state index in [0.717, 1.165) is 51.4 Å². The monoisotopic (exact) mass is 438 g/mol. The summed E-state index contributed by atoms with van der Waals surface area (Å²) < 4.78 is 26.5. The van der Waals surface area contributed by atoms with Gasteiger partial charge >= 0.3 is 5.97 Å². The number of ether oxygens (including phenoxy) is 5. The topological polar surface area (TPSA) is 80.3 Å². The molecule has 0 aromatic heterocycles. The molecule has 0 amide bonds. The Morgan fingerprint density at radius 2 is 1.00 bits per heavy atom. The van der Waals surface area contributed by atoms with Crippen molar-refractivity contribution < 1.29 is 33.3 Å². The molecule has 176 valence electrons. The zero-order valence-corrected chi connectivity index (χ0v) is 19.9. The van der Waals surface area contributed by atoms with Gasteiger partial charge in [-0.3, -0.25) is 9.59 Å². The van der Waals surface area contributed by atoms with Crippen LogP contribution in [0, 0.1) is 6.92 Å². The predicted molar refractivity (Wildman–Crippen MR) is 120 cm³/mol. The van der Waals surface area contributed by atoms with Crippen LogP contribution in [0.4, 0.5) is 0 Å². The smallest absolute Gasteiger partial charge is 0.305 e. The Labute approximate surface area is 186 Å². The van der Waals surface area contributed by atoms with Crippen LogP contribution in [-0.2, 0) is 9.53 Å². The van der Waals surface area contributed by atoms with Crippen molar-refractivity contribution in [2.45, 2.75) is 71.1 Å². The van der Waals surface area contributed by atoms with Crippen molar-refractivity contribution in [3.63, 3.8) is 0 Å². The molecule has 0 radical (unpaired) electrons. The van der Waals surface area contributed by atoms with E-state index in [2.05, 4.69) is 4.74 Å². The summed E-state index contributed by atoms with van der Waals surface area (Å²) in [6, 6.07) is 0. The Morgan fingerprint density at radius 1 is 0.581 bits per heavy atom. The molecule has 0 saturated heterocycles. The molecule has 0 bridgehead atoms. The summed E-state index contributed by atoms with van der Waals surface area (Å²) in [6.45, 7) is 1.83. The lowest BCUT2D eigenvalue weighted by atomic mass is 9.96. The van der Waals surface area contributed by atoms with Gasteiger partial charge in [-0.15, -0.1) is 0 Å². The number of hydrogen-bond acceptors (Lipinski definition) is 7. The Kier molecular flexibility index (Phi) is 12.5. The molecule has 1 aromatic carbocycles. The van der Waals surface area contributed by atoms with E-state index >= 15 is 0 Å². The van der Waals surface area contributed by atoms with Crippen LogP contribution in [0.25, 0.3) is 0 Å². The van der Waals surface area contributed by atoms with Crippen LogP contribution in [0.2, 0.25) is 0 Å². The summed E-state index contributed by atoms with van der Waals surface area (Å²) in [5.41, 5.74) is 1.18. The fraction of sp³-hybridized carbons (Fsp3) is 0.667. The fourth-order valence-electron chi connectivity index (χ4n) is 3.76. The summed E-state index contributed by atoms with van der Waals surface area (Å²) in [7, 11) is 7.52. The summed E-state index contributed by atoms with van der Waals surface area (Å²) in [5, 5.41) is 0. The van der Waals surface area contributed by atoms with Gasteiger partial charge in [0.25, 0.3) is 0 Å². The molecule has 0 aliphatic rings. The van der Waals surface area contributed by atoms with E-state index in [0.29, 0.717) is 47.0 Å². The molecule has 0 heterocycles. The number of ketones is 1. The molecule has 0 atom stereocenters. The molecule has 0 fully saturated rings. The molecule has 0 unspecified atom stereocenters. The summed E-state index contributed by atoms with van der Waals surface area (Å²) in [6.07, 6.45) is 9.20. The first kappa shape index (κ1) is 26.6. The van der Waals surface area contributed by atoms with Crippen LogP contribution in [0.3, 0.4) is 0 Å². The number of carbonyl (C=O) groups is 2. The number of methoxy groups -OCH3 is 5. The number of rotatable bonds is 16. The summed E-state index contributed by atoms with van der Waals surface area (Å²) in [5.74, 6) is 1.52. The zero-order valence-electron chi connectivity index (χ0n) is 19.9. The maximum Gasteiger partial charge on any atom is 0.305 e. The van der Waals surface area contributed by atoms with E-state index in [9.17, 15) is 9.59 Å². The van der Waals surface area contributed by atoms with Crippen molar-refractivity contribution in [1.29, 1.82) is 0 Å². The van der Waals surface area contributed by atoms with E-state index in [4.69, 9.17) is 18.9 Å². The van der Waals surface area contributed by atoms with E-state index < -0.39 is 0 Å². The van der Waals surface area contributed by atoms with Crippen LogP contribution < -0.4 is 18.9 Å². The third-order valence-corrected chi connectivity index (χ3v) is 5.42. The van der Waals surface area contributed by atoms with Crippen LogP contribution in [0.1, 0.15) is 80.1 Å². The van der Waals surface area contributed by atoms with Crippen molar-refractivity contribution in [3.05, 3.63) is 11.1 Å². The second kappa shape index (κ2) is 14.5. The molecular weight excluding hydrogens is 400 g/mol. The second-order valence-electron chi connectivity index (χ2n) is 7.46. The van der Waals surface area contributed by atoms with Gasteiger partial charge in [0.1, 0.15) is 0 Å². The van der Waals surface area contributed by atoms with Gasteiger partial charge in [0.05, 0.1) is 41.1 Å². The molecule has 7 heteroatoms. The third-order valence-electron chi connectivity index (χ3n) is 5.42. The lowest BCUT2D eigenvalue weighted by Gasteiger charge is -2.21. The molecule has 0 saturated carbocycles. The van der Waals surface area contributed by atoms with E-state index in [1.54, 1.807) is 7.11 Å². The Bertz CT molecular complexity index is 713. The fourth-order valence-corrected chi connectivity index (χ4v) is 3.76. The average Bonchev–Trinajstić information content (AvgIpc) is 2.78. The van der Waals surface area contributed by atoms with E-state index in [1.807, 2.05) is 6.92 Å². The predicted octanol–water partition coefficient (Wildman–Crippen LogP) is 5.29. The first-order chi connectivity index (χ1) is 15.0. The van der Waals surface area contributed by atoms with Crippen molar-refractivity contribution in [2.75, 3.05) is 35.5 Å². The van der Waals surface area contributed by atoms with Gasteiger partial charge in [0, 0.05) is 18.4 Å². The zero-order chi connectivity index (χ0) is 23.2. The van der Waals surface area contributed by atoms with E-state index in [-0.39, 0.29) is 11.8 Å². The number of esters is 1. The van der Waals surface area contributed by atoms with Crippen LogP contribution in [-0.4, -0.2) is 47.3 Å². The number of benzene rings is 1. The van der Waals surface area contributed by atoms with Gasteiger partial charge in [0.2, 0.25) is 11.5 Å². The van der Waals surface area contributed by atoms with Crippen LogP contribution >= 0.6 is 0 Å². The highest BCUT2D eigenvalue weighted by molar-refractivity contribution is 6.02. The summed E-state index contributed by atoms with van der Waals surface area (Å²) >= 11 is 0. The van der Waals surface area contributed by atoms with Crippen molar-refractivity contribution >= 4 is 11.8 Å². The molecule has 0 aliphatic carbocycles. The van der Waals surface area contributed by atoms with Crippen molar-refractivity contribution in [1.82, 2.24) is 0 Å². The number of Topliss-reactive ketones (excluding diaryl/α,β-unsaturated/α-hetero) is 1. The minimum absolute atomic E-state index is 0.0106. The number of carbonyl (C=O) groups excluding carboxylic acids is 2. The number of unbranched alkanes of at least 4 members (excludes halogenated alkanes) is 7. The maximum atomic E-state index is 13.0. The van der Waals surface area contributed by atoms with Crippen LogP contribution in [0.15, 0.2) is 0 Å². The Balaban J connectivity index is 2.55. The third kappa shape index (κ3) is 7.64. The molecular formula is C24H38O7. The molecule has 0 aliphatic heterocycles.